The van der Waals surface area contributed by atoms with Crippen LogP contribution in [0.3, 0.4) is 0 Å². The quantitative estimate of drug-likeness (QED) is 0.917. The lowest BCUT2D eigenvalue weighted by molar-refractivity contribution is 0.125. The average molecular weight is 329 g/mol. The highest BCUT2D eigenvalue weighted by Crippen LogP contribution is 2.40. The van der Waals surface area contributed by atoms with E-state index in [-0.39, 0.29) is 18.2 Å². The van der Waals surface area contributed by atoms with E-state index >= 15 is 0 Å². The molecule has 0 radical (unpaired) electrons. The summed E-state index contributed by atoms with van der Waals surface area (Å²) in [7, 11) is 1.54. The van der Waals surface area contributed by atoms with Crippen molar-refractivity contribution in [3.8, 4) is 5.75 Å². The number of methoxy groups -OCH3 is 1. The third-order valence-corrected chi connectivity index (χ3v) is 4.91. The number of piperazine rings is 1. The minimum Gasteiger partial charge on any atom is -0.494 e. The van der Waals surface area contributed by atoms with Crippen LogP contribution in [-0.4, -0.2) is 38.2 Å². The number of rotatable bonds is 4. The molecule has 2 fully saturated rings. The van der Waals surface area contributed by atoms with E-state index in [1.165, 1.54) is 38.4 Å². The van der Waals surface area contributed by atoms with Gasteiger partial charge in [0.15, 0.2) is 11.6 Å². The molecule has 1 heterocycles. The Balaban J connectivity index is 0.00000176. The van der Waals surface area contributed by atoms with Crippen LogP contribution in [0, 0.1) is 11.7 Å². The zero-order chi connectivity index (χ0) is 14.7. The van der Waals surface area contributed by atoms with Gasteiger partial charge in [0.05, 0.1) is 7.11 Å². The summed E-state index contributed by atoms with van der Waals surface area (Å²) in [6, 6.07) is 5.81. The van der Waals surface area contributed by atoms with Crippen LogP contribution in [0.1, 0.15) is 37.3 Å². The van der Waals surface area contributed by atoms with Crippen LogP contribution < -0.4 is 10.1 Å². The Morgan fingerprint density at radius 2 is 1.91 bits per heavy atom. The molecule has 0 aromatic heterocycles. The molecule has 1 N–H and O–H groups in total. The van der Waals surface area contributed by atoms with Crippen molar-refractivity contribution in [3.63, 3.8) is 0 Å². The zero-order valence-corrected chi connectivity index (χ0v) is 14.0. The van der Waals surface area contributed by atoms with Gasteiger partial charge in [-0.25, -0.2) is 4.39 Å². The molecule has 1 saturated heterocycles. The molecule has 1 aliphatic carbocycles. The second-order valence-electron chi connectivity index (χ2n) is 6.17. The fourth-order valence-electron chi connectivity index (χ4n) is 3.87. The molecule has 0 unspecified atom stereocenters. The molecule has 1 atom stereocenters. The van der Waals surface area contributed by atoms with E-state index in [0.29, 0.717) is 17.7 Å². The maximum Gasteiger partial charge on any atom is 0.165 e. The van der Waals surface area contributed by atoms with E-state index < -0.39 is 0 Å². The predicted molar refractivity (Wildman–Crippen MR) is 89.3 cm³/mol. The number of nitrogens with one attached hydrogen (secondary N) is 1. The summed E-state index contributed by atoms with van der Waals surface area (Å²) in [5, 5.41) is 3.42. The minimum atomic E-state index is -0.272. The lowest BCUT2D eigenvalue weighted by Crippen LogP contribution is -2.46. The topological polar surface area (TPSA) is 24.5 Å². The van der Waals surface area contributed by atoms with Crippen LogP contribution in [0.15, 0.2) is 18.2 Å². The van der Waals surface area contributed by atoms with Crippen molar-refractivity contribution < 1.29 is 9.13 Å². The molecule has 1 saturated carbocycles. The molecule has 0 spiro atoms. The van der Waals surface area contributed by atoms with Crippen LogP contribution in [0.5, 0.6) is 5.75 Å². The molecule has 1 aliphatic heterocycles. The van der Waals surface area contributed by atoms with E-state index in [9.17, 15) is 4.39 Å². The van der Waals surface area contributed by atoms with Gasteiger partial charge >= 0.3 is 0 Å². The minimum absolute atomic E-state index is 0. The molecule has 0 bridgehead atoms. The van der Waals surface area contributed by atoms with Gasteiger partial charge in [-0.3, -0.25) is 4.90 Å². The second kappa shape index (κ2) is 8.14. The number of halogens is 2. The van der Waals surface area contributed by atoms with Crippen molar-refractivity contribution in [1.82, 2.24) is 10.2 Å². The fourth-order valence-corrected chi connectivity index (χ4v) is 3.87. The highest BCUT2D eigenvalue weighted by atomic mass is 35.5. The molecule has 5 heteroatoms. The van der Waals surface area contributed by atoms with Crippen LogP contribution in [0.2, 0.25) is 0 Å². The molecule has 3 rings (SSSR count). The highest BCUT2D eigenvalue weighted by molar-refractivity contribution is 5.85. The van der Waals surface area contributed by atoms with Crippen molar-refractivity contribution >= 4 is 12.4 Å². The third-order valence-electron chi connectivity index (χ3n) is 4.91. The Kier molecular flexibility index (Phi) is 6.48. The summed E-state index contributed by atoms with van der Waals surface area (Å²) in [6.07, 6.45) is 5.22. The average Bonchev–Trinajstić information content (AvgIpc) is 3.04. The van der Waals surface area contributed by atoms with Crippen molar-refractivity contribution in [3.05, 3.63) is 29.6 Å². The molecule has 124 valence electrons. The first kappa shape index (κ1) is 17.5. The van der Waals surface area contributed by atoms with E-state index in [1.807, 2.05) is 12.1 Å². The van der Waals surface area contributed by atoms with Crippen molar-refractivity contribution in [2.45, 2.75) is 31.7 Å². The molecule has 1 aromatic carbocycles. The number of hydrogen-bond acceptors (Lipinski definition) is 3. The first-order chi connectivity index (χ1) is 10.3. The molecular weight excluding hydrogens is 303 g/mol. The van der Waals surface area contributed by atoms with Crippen LogP contribution >= 0.6 is 12.4 Å². The first-order valence-corrected chi connectivity index (χ1v) is 8.08. The largest absolute Gasteiger partial charge is 0.494 e. The summed E-state index contributed by atoms with van der Waals surface area (Å²) < 4.78 is 18.9. The lowest BCUT2D eigenvalue weighted by atomic mass is 9.89. The summed E-state index contributed by atoms with van der Waals surface area (Å²) in [4.78, 5) is 2.57. The summed E-state index contributed by atoms with van der Waals surface area (Å²) in [5.41, 5.74) is 1.21. The zero-order valence-electron chi connectivity index (χ0n) is 13.2. The Bertz CT molecular complexity index is 474. The Morgan fingerprint density at radius 3 is 2.55 bits per heavy atom. The normalized spacial score (nSPS) is 21.4. The first-order valence-electron chi connectivity index (χ1n) is 8.08. The van der Waals surface area contributed by atoms with Gasteiger partial charge in [-0.15, -0.1) is 12.4 Å². The third kappa shape index (κ3) is 3.73. The lowest BCUT2D eigenvalue weighted by Gasteiger charge is -2.38. The number of hydrogen-bond donors (Lipinski definition) is 1. The number of benzene rings is 1. The van der Waals surface area contributed by atoms with Gasteiger partial charge in [0.2, 0.25) is 0 Å². The van der Waals surface area contributed by atoms with Crippen LogP contribution in [0.25, 0.3) is 0 Å². The SMILES string of the molecule is COc1cc([C@@H](C2CCCC2)N2CCNCC2)ccc1F.Cl. The van der Waals surface area contributed by atoms with Crippen LogP contribution in [0.4, 0.5) is 4.39 Å². The Labute approximate surface area is 138 Å². The fraction of sp³-hybridized carbons (Fsp3) is 0.647. The summed E-state index contributed by atoms with van der Waals surface area (Å²) in [5.74, 6) is 0.788. The molecule has 3 nitrogen and oxygen atoms in total. The van der Waals surface area contributed by atoms with Crippen molar-refractivity contribution in [1.29, 1.82) is 0 Å². The molecule has 1 aromatic rings. The maximum absolute atomic E-state index is 13.7. The molecular formula is C17H26ClFN2O. The van der Waals surface area contributed by atoms with Crippen molar-refractivity contribution in [2.24, 2.45) is 5.92 Å². The highest BCUT2D eigenvalue weighted by Gasteiger charge is 2.32. The van der Waals surface area contributed by atoms with E-state index in [2.05, 4.69) is 10.2 Å². The van der Waals surface area contributed by atoms with Gasteiger partial charge < -0.3 is 10.1 Å². The van der Waals surface area contributed by atoms with Crippen LogP contribution in [-0.2, 0) is 0 Å². The maximum atomic E-state index is 13.7. The van der Waals surface area contributed by atoms with E-state index in [0.717, 1.165) is 26.2 Å². The standard InChI is InChI=1S/C17H25FN2O.ClH/c1-21-16-12-14(6-7-15(16)18)17(13-4-2-3-5-13)20-10-8-19-9-11-20;/h6-7,12-13,17,19H,2-5,8-11H2,1H3;1H/t17-;/m1./s1. The Hall–Kier alpha value is -0.840. The number of nitrogens with zero attached hydrogens (tertiary/aromatic N) is 1. The van der Waals surface area contributed by atoms with E-state index in [4.69, 9.17) is 4.74 Å². The summed E-state index contributed by atoms with van der Waals surface area (Å²) in [6.45, 7) is 4.23. The van der Waals surface area contributed by atoms with Crippen molar-refractivity contribution in [2.75, 3.05) is 33.3 Å². The molecule has 22 heavy (non-hydrogen) atoms. The number of ether oxygens (including phenoxy) is 1. The Morgan fingerprint density at radius 1 is 1.23 bits per heavy atom. The predicted octanol–water partition coefficient (Wildman–Crippen LogP) is 3.39. The monoisotopic (exact) mass is 328 g/mol. The van der Waals surface area contributed by atoms with Gasteiger partial charge in [-0.1, -0.05) is 18.9 Å². The van der Waals surface area contributed by atoms with Gasteiger partial charge in [-0.05, 0) is 36.5 Å². The molecule has 2 aliphatic rings. The van der Waals surface area contributed by atoms with Gasteiger partial charge in [0.1, 0.15) is 0 Å². The van der Waals surface area contributed by atoms with Gasteiger partial charge in [-0.2, -0.15) is 0 Å². The summed E-state index contributed by atoms with van der Waals surface area (Å²) >= 11 is 0. The molecule has 0 amide bonds. The van der Waals surface area contributed by atoms with E-state index in [1.54, 1.807) is 6.07 Å². The van der Waals surface area contributed by atoms with Gasteiger partial charge in [0.25, 0.3) is 0 Å². The van der Waals surface area contributed by atoms with Gasteiger partial charge in [0, 0.05) is 32.2 Å². The second-order valence-corrected chi connectivity index (χ2v) is 6.17. The smallest absolute Gasteiger partial charge is 0.165 e.